The molecule has 4 heteroatoms. The fraction of sp³-hybridized carbons (Fsp3) is 0.917. The van der Waals surface area contributed by atoms with E-state index in [0.717, 1.165) is 32.2 Å². The van der Waals surface area contributed by atoms with E-state index in [2.05, 4.69) is 12.2 Å². The Hall–Kier alpha value is -0.610. The largest absolute Gasteiger partial charge is 0.383 e. The minimum absolute atomic E-state index is 0.226. The van der Waals surface area contributed by atoms with Crippen molar-refractivity contribution in [2.24, 2.45) is 0 Å². The van der Waals surface area contributed by atoms with E-state index < -0.39 is 0 Å². The Morgan fingerprint density at radius 3 is 2.81 bits per heavy atom. The van der Waals surface area contributed by atoms with Crippen LogP contribution in [0.2, 0.25) is 0 Å². The molecule has 0 bridgehead atoms. The highest BCUT2D eigenvalue weighted by Gasteiger charge is 2.41. The molecule has 1 amide bonds. The lowest BCUT2D eigenvalue weighted by Crippen LogP contribution is -2.54. The van der Waals surface area contributed by atoms with E-state index in [1.165, 1.54) is 0 Å². The molecule has 1 atom stereocenters. The molecule has 0 aromatic carbocycles. The third-order valence-electron chi connectivity index (χ3n) is 3.31. The lowest BCUT2D eigenvalue weighted by Gasteiger charge is -2.32. The fourth-order valence-electron chi connectivity index (χ4n) is 2.43. The Morgan fingerprint density at radius 1 is 1.56 bits per heavy atom. The van der Waals surface area contributed by atoms with Crippen LogP contribution in [-0.2, 0) is 9.53 Å². The summed E-state index contributed by atoms with van der Waals surface area (Å²) in [4.78, 5) is 14.2. The third kappa shape index (κ3) is 2.95. The van der Waals surface area contributed by atoms with E-state index in [9.17, 15) is 4.79 Å². The summed E-state index contributed by atoms with van der Waals surface area (Å²) < 4.78 is 5.00. The monoisotopic (exact) mass is 228 g/mol. The van der Waals surface area contributed by atoms with Crippen LogP contribution in [0.3, 0.4) is 0 Å². The molecule has 0 saturated carbocycles. The molecule has 1 rings (SSSR count). The van der Waals surface area contributed by atoms with E-state index in [1.54, 1.807) is 12.0 Å². The maximum Gasteiger partial charge on any atom is 0.242 e. The molecular formula is C12H24N2O2. The normalized spacial score (nSPS) is 24.7. The van der Waals surface area contributed by atoms with Crippen LogP contribution in [0.15, 0.2) is 0 Å². The molecule has 1 N–H and O–H groups in total. The molecule has 0 spiro atoms. The van der Waals surface area contributed by atoms with Crippen LogP contribution < -0.4 is 5.32 Å². The highest BCUT2D eigenvalue weighted by atomic mass is 16.5. The van der Waals surface area contributed by atoms with Crippen LogP contribution >= 0.6 is 0 Å². The first-order valence-corrected chi connectivity index (χ1v) is 6.16. The van der Waals surface area contributed by atoms with Gasteiger partial charge in [0.25, 0.3) is 0 Å². The van der Waals surface area contributed by atoms with Gasteiger partial charge >= 0.3 is 0 Å². The number of carbonyl (C=O) groups is 1. The van der Waals surface area contributed by atoms with E-state index in [0.29, 0.717) is 13.2 Å². The van der Waals surface area contributed by atoms with Crippen molar-refractivity contribution in [1.82, 2.24) is 10.2 Å². The summed E-state index contributed by atoms with van der Waals surface area (Å²) in [6.45, 7) is 4.36. The van der Waals surface area contributed by atoms with E-state index in [-0.39, 0.29) is 11.4 Å². The van der Waals surface area contributed by atoms with Crippen molar-refractivity contribution < 1.29 is 9.53 Å². The van der Waals surface area contributed by atoms with Crippen molar-refractivity contribution in [2.45, 2.75) is 38.1 Å². The number of rotatable bonds is 6. The van der Waals surface area contributed by atoms with Gasteiger partial charge in [-0.2, -0.15) is 0 Å². The summed E-state index contributed by atoms with van der Waals surface area (Å²) in [6, 6.07) is 0. The van der Waals surface area contributed by atoms with Crippen molar-refractivity contribution in [3.8, 4) is 0 Å². The van der Waals surface area contributed by atoms with Gasteiger partial charge in [0.1, 0.15) is 0 Å². The van der Waals surface area contributed by atoms with Gasteiger partial charge in [0.2, 0.25) is 5.91 Å². The van der Waals surface area contributed by atoms with Crippen molar-refractivity contribution >= 4 is 5.91 Å². The Morgan fingerprint density at radius 2 is 2.31 bits per heavy atom. The number of hydrogen-bond acceptors (Lipinski definition) is 3. The van der Waals surface area contributed by atoms with Crippen LogP contribution in [0, 0.1) is 0 Å². The lowest BCUT2D eigenvalue weighted by atomic mass is 9.90. The molecule has 0 aromatic heterocycles. The predicted molar refractivity (Wildman–Crippen MR) is 64.4 cm³/mol. The van der Waals surface area contributed by atoms with Crippen LogP contribution in [-0.4, -0.2) is 50.2 Å². The molecule has 0 aromatic rings. The summed E-state index contributed by atoms with van der Waals surface area (Å²) in [7, 11) is 3.52. The number of ether oxygens (including phenoxy) is 1. The number of nitrogens with zero attached hydrogens (tertiary/aromatic N) is 1. The van der Waals surface area contributed by atoms with Gasteiger partial charge in [0, 0.05) is 20.7 Å². The zero-order valence-corrected chi connectivity index (χ0v) is 10.7. The molecule has 94 valence electrons. The second kappa shape index (κ2) is 6.21. The Bertz CT molecular complexity index is 225. The highest BCUT2D eigenvalue weighted by Crippen LogP contribution is 2.26. The van der Waals surface area contributed by atoms with E-state index >= 15 is 0 Å². The summed E-state index contributed by atoms with van der Waals surface area (Å²) >= 11 is 0. The average Bonchev–Trinajstić information content (AvgIpc) is 2.75. The topological polar surface area (TPSA) is 41.6 Å². The average molecular weight is 228 g/mol. The molecule has 1 aliphatic rings. The van der Waals surface area contributed by atoms with Gasteiger partial charge in [-0.3, -0.25) is 4.79 Å². The first kappa shape index (κ1) is 13.5. The fourth-order valence-corrected chi connectivity index (χ4v) is 2.43. The summed E-state index contributed by atoms with van der Waals surface area (Å²) in [5, 5.41) is 3.40. The second-order valence-electron chi connectivity index (χ2n) is 4.58. The maximum atomic E-state index is 12.4. The number of hydrogen-bond donors (Lipinski definition) is 1. The van der Waals surface area contributed by atoms with Crippen molar-refractivity contribution in [1.29, 1.82) is 0 Å². The summed E-state index contributed by atoms with van der Waals surface area (Å²) in [6.07, 6.45) is 4.04. The molecule has 1 unspecified atom stereocenters. The van der Waals surface area contributed by atoms with E-state index in [4.69, 9.17) is 4.74 Å². The lowest BCUT2D eigenvalue weighted by molar-refractivity contribution is -0.137. The van der Waals surface area contributed by atoms with Gasteiger partial charge in [0.15, 0.2) is 0 Å². The SMILES string of the molecule is CCCC1(C(=O)N(C)CCOC)CCCN1. The zero-order valence-electron chi connectivity index (χ0n) is 10.7. The maximum absolute atomic E-state index is 12.4. The number of likely N-dealkylation sites (N-methyl/N-ethyl adjacent to an activating group) is 1. The first-order valence-electron chi connectivity index (χ1n) is 6.16. The molecule has 1 heterocycles. The van der Waals surface area contributed by atoms with Crippen molar-refractivity contribution in [3.63, 3.8) is 0 Å². The van der Waals surface area contributed by atoms with Gasteiger partial charge in [0.05, 0.1) is 12.1 Å². The smallest absolute Gasteiger partial charge is 0.242 e. The molecular weight excluding hydrogens is 204 g/mol. The van der Waals surface area contributed by atoms with Crippen molar-refractivity contribution in [2.75, 3.05) is 33.9 Å². The van der Waals surface area contributed by atoms with Gasteiger partial charge in [-0.25, -0.2) is 0 Å². The molecule has 1 saturated heterocycles. The van der Waals surface area contributed by atoms with Gasteiger partial charge in [-0.1, -0.05) is 13.3 Å². The Balaban J connectivity index is 2.60. The van der Waals surface area contributed by atoms with Gasteiger partial charge in [-0.15, -0.1) is 0 Å². The van der Waals surface area contributed by atoms with E-state index in [1.807, 2.05) is 7.05 Å². The standard InChI is InChI=1S/C12H24N2O2/c1-4-6-12(7-5-8-13-12)11(15)14(2)9-10-16-3/h13H,4-10H2,1-3H3. The third-order valence-corrected chi connectivity index (χ3v) is 3.31. The van der Waals surface area contributed by atoms with Gasteiger partial charge in [-0.05, 0) is 25.8 Å². The van der Waals surface area contributed by atoms with Crippen LogP contribution in [0.4, 0.5) is 0 Å². The second-order valence-corrected chi connectivity index (χ2v) is 4.58. The number of amides is 1. The Kier molecular flexibility index (Phi) is 5.22. The van der Waals surface area contributed by atoms with Gasteiger partial charge < -0.3 is 15.0 Å². The molecule has 1 fully saturated rings. The number of methoxy groups -OCH3 is 1. The highest BCUT2D eigenvalue weighted by molar-refractivity contribution is 5.86. The molecule has 1 aliphatic heterocycles. The Labute approximate surface area is 98.3 Å². The number of nitrogens with one attached hydrogen (secondary N) is 1. The number of carbonyl (C=O) groups excluding carboxylic acids is 1. The zero-order chi connectivity index (χ0) is 12.0. The predicted octanol–water partition coefficient (Wildman–Crippen LogP) is 1.01. The molecule has 0 radical (unpaired) electrons. The minimum atomic E-state index is -0.294. The summed E-state index contributed by atoms with van der Waals surface area (Å²) in [5.41, 5.74) is -0.294. The van der Waals surface area contributed by atoms with Crippen molar-refractivity contribution in [3.05, 3.63) is 0 Å². The van der Waals surface area contributed by atoms with Crippen LogP contribution in [0.25, 0.3) is 0 Å². The molecule has 4 nitrogen and oxygen atoms in total. The quantitative estimate of drug-likeness (QED) is 0.738. The molecule has 16 heavy (non-hydrogen) atoms. The van der Waals surface area contributed by atoms with Crippen LogP contribution in [0.5, 0.6) is 0 Å². The van der Waals surface area contributed by atoms with Crippen LogP contribution in [0.1, 0.15) is 32.6 Å². The summed E-state index contributed by atoms with van der Waals surface area (Å²) in [5.74, 6) is 0.226. The molecule has 0 aliphatic carbocycles. The first-order chi connectivity index (χ1) is 7.66. The minimum Gasteiger partial charge on any atom is -0.383 e.